The molecule has 0 bridgehead atoms. The van der Waals surface area contributed by atoms with Crippen LogP contribution in [-0.2, 0) is 23.1 Å². The lowest BCUT2D eigenvalue weighted by Crippen LogP contribution is -2.45. The number of carbonyl (C=O) groups is 2. The van der Waals surface area contributed by atoms with Gasteiger partial charge in [0.25, 0.3) is 5.91 Å². The predicted molar refractivity (Wildman–Crippen MR) is 133 cm³/mol. The summed E-state index contributed by atoms with van der Waals surface area (Å²) in [6.45, 7) is 1.15. The molecule has 2 atom stereocenters. The van der Waals surface area contributed by atoms with E-state index in [-0.39, 0.29) is 17.9 Å². The van der Waals surface area contributed by atoms with Gasteiger partial charge in [-0.3, -0.25) is 23.9 Å². The summed E-state index contributed by atoms with van der Waals surface area (Å²) in [7, 11) is 1.77. The monoisotopic (exact) mass is 513 g/mol. The van der Waals surface area contributed by atoms with E-state index in [4.69, 9.17) is 16.3 Å². The number of nitrogens with zero attached hydrogens (tertiary/aromatic N) is 5. The number of halogens is 1. The quantitative estimate of drug-likeness (QED) is 0.373. The zero-order valence-electron chi connectivity index (χ0n) is 19.0. The molecule has 0 aromatic carbocycles. The molecule has 2 N–H and O–H groups in total. The molecule has 0 saturated carbocycles. The van der Waals surface area contributed by atoms with Crippen molar-refractivity contribution < 1.29 is 14.3 Å². The van der Waals surface area contributed by atoms with Crippen LogP contribution in [0.3, 0.4) is 0 Å². The molecule has 1 saturated heterocycles. The molecular formula is C23H24ClN7O3S. The fraction of sp³-hybridized carbons (Fsp3) is 0.348. The van der Waals surface area contributed by atoms with Crippen LogP contribution in [0.4, 0.5) is 5.69 Å². The van der Waals surface area contributed by atoms with E-state index in [1.807, 2.05) is 12.1 Å². The number of hydrogen-bond donors (Lipinski definition) is 2. The van der Waals surface area contributed by atoms with Crippen molar-refractivity contribution in [2.45, 2.75) is 38.0 Å². The molecule has 1 aliphatic heterocycles. The van der Waals surface area contributed by atoms with E-state index < -0.39 is 6.04 Å². The molecule has 0 radical (unpaired) electrons. The van der Waals surface area contributed by atoms with E-state index in [2.05, 4.69) is 25.8 Å². The number of hydrogen-bond acceptors (Lipinski definition) is 7. The molecule has 12 heteroatoms. The first-order valence-electron chi connectivity index (χ1n) is 11.2. The van der Waals surface area contributed by atoms with Gasteiger partial charge in [-0.05, 0) is 31.0 Å². The van der Waals surface area contributed by atoms with Crippen molar-refractivity contribution in [1.82, 2.24) is 29.9 Å². The minimum Gasteiger partial charge on any atom is -0.378 e. The lowest BCUT2D eigenvalue weighted by molar-refractivity contribution is -0.118. The van der Waals surface area contributed by atoms with Crippen LogP contribution in [0.2, 0.25) is 5.02 Å². The van der Waals surface area contributed by atoms with Crippen molar-refractivity contribution in [3.63, 3.8) is 0 Å². The molecule has 10 nitrogen and oxygen atoms in total. The number of amides is 2. The van der Waals surface area contributed by atoms with Crippen molar-refractivity contribution in [2.75, 3.05) is 11.9 Å². The van der Waals surface area contributed by atoms with Crippen molar-refractivity contribution in [3.05, 3.63) is 57.8 Å². The van der Waals surface area contributed by atoms with Gasteiger partial charge < -0.3 is 15.4 Å². The lowest BCUT2D eigenvalue weighted by Gasteiger charge is -2.20. The van der Waals surface area contributed by atoms with Crippen LogP contribution in [0, 0.1) is 0 Å². The van der Waals surface area contributed by atoms with Gasteiger partial charge in [-0.15, -0.1) is 11.3 Å². The molecule has 4 aromatic rings. The maximum Gasteiger partial charge on any atom is 0.262 e. The number of ether oxygens (including phenoxy) is 1. The molecule has 5 rings (SSSR count). The number of anilines is 1. The number of thiophene rings is 1. The molecule has 1 fully saturated rings. The normalized spacial score (nSPS) is 16.5. The van der Waals surface area contributed by atoms with Crippen LogP contribution in [0.15, 0.2) is 43.0 Å². The van der Waals surface area contributed by atoms with Crippen molar-refractivity contribution in [3.8, 4) is 0 Å². The molecular weight excluding hydrogens is 490 g/mol. The number of nitrogens with one attached hydrogen (secondary N) is 2. The summed E-state index contributed by atoms with van der Waals surface area (Å²) in [6, 6.07) is 4.72. The van der Waals surface area contributed by atoms with Crippen molar-refractivity contribution in [2.24, 2.45) is 7.05 Å². The van der Waals surface area contributed by atoms with Crippen LogP contribution in [0.1, 0.15) is 33.8 Å². The van der Waals surface area contributed by atoms with Crippen LogP contribution < -0.4 is 10.6 Å². The molecule has 2 amide bonds. The van der Waals surface area contributed by atoms with E-state index in [9.17, 15) is 9.59 Å². The number of aromatic nitrogens is 5. The SMILES string of the molecule is Cn1cc(NC(=O)[C@H](CC2CCCO2)NC(=O)c2ccc(Cn3ncc4ncc(Cl)cc43)s2)cn1. The largest absolute Gasteiger partial charge is 0.378 e. The van der Waals surface area contributed by atoms with Gasteiger partial charge >= 0.3 is 0 Å². The van der Waals surface area contributed by atoms with Gasteiger partial charge in [0.1, 0.15) is 11.6 Å². The molecule has 35 heavy (non-hydrogen) atoms. The Bertz CT molecular complexity index is 1360. The van der Waals surface area contributed by atoms with Gasteiger partial charge in [0, 0.05) is 37.3 Å². The Morgan fingerprint density at radius 3 is 2.94 bits per heavy atom. The van der Waals surface area contributed by atoms with Crippen LogP contribution in [0.5, 0.6) is 0 Å². The number of carbonyl (C=O) groups excluding carboxylic acids is 2. The maximum absolute atomic E-state index is 13.1. The van der Waals surface area contributed by atoms with Crippen LogP contribution in [0.25, 0.3) is 11.0 Å². The Hall–Kier alpha value is -3.28. The minimum absolute atomic E-state index is 0.0626. The second kappa shape index (κ2) is 10.1. The highest BCUT2D eigenvalue weighted by molar-refractivity contribution is 7.14. The smallest absolute Gasteiger partial charge is 0.262 e. The summed E-state index contributed by atoms with van der Waals surface area (Å²) in [5, 5.41) is 14.7. The van der Waals surface area contributed by atoms with Gasteiger partial charge in [-0.1, -0.05) is 11.6 Å². The van der Waals surface area contributed by atoms with E-state index in [0.29, 0.717) is 35.2 Å². The molecule has 0 spiro atoms. The summed E-state index contributed by atoms with van der Waals surface area (Å²) in [6.07, 6.45) is 8.70. The Morgan fingerprint density at radius 2 is 2.17 bits per heavy atom. The zero-order valence-corrected chi connectivity index (χ0v) is 20.6. The Morgan fingerprint density at radius 1 is 1.29 bits per heavy atom. The van der Waals surface area contributed by atoms with E-state index in [1.54, 1.807) is 47.3 Å². The number of aryl methyl sites for hydroxylation is 1. The average Bonchev–Trinajstić information content (AvgIpc) is 3.63. The summed E-state index contributed by atoms with van der Waals surface area (Å²) in [5.41, 5.74) is 2.14. The van der Waals surface area contributed by atoms with E-state index in [1.165, 1.54) is 11.3 Å². The van der Waals surface area contributed by atoms with Gasteiger partial charge in [-0.25, -0.2) is 0 Å². The number of pyridine rings is 1. The van der Waals surface area contributed by atoms with E-state index in [0.717, 1.165) is 28.8 Å². The molecule has 1 unspecified atom stereocenters. The Labute approximate surface area is 210 Å². The molecule has 4 aromatic heterocycles. The fourth-order valence-corrected chi connectivity index (χ4v) is 5.10. The third-order valence-corrected chi connectivity index (χ3v) is 7.04. The highest BCUT2D eigenvalue weighted by Crippen LogP contribution is 2.23. The molecule has 1 aliphatic rings. The van der Waals surface area contributed by atoms with Gasteiger partial charge in [0.15, 0.2) is 0 Å². The minimum atomic E-state index is -0.736. The first-order valence-corrected chi connectivity index (χ1v) is 12.4. The molecule has 182 valence electrons. The third-order valence-electron chi connectivity index (χ3n) is 5.77. The Kier molecular flexibility index (Phi) is 6.80. The van der Waals surface area contributed by atoms with Crippen LogP contribution in [-0.4, -0.2) is 55.1 Å². The zero-order chi connectivity index (χ0) is 24.4. The Balaban J connectivity index is 1.28. The fourth-order valence-electron chi connectivity index (χ4n) is 4.06. The third kappa shape index (κ3) is 5.53. The average molecular weight is 514 g/mol. The lowest BCUT2D eigenvalue weighted by atomic mass is 10.1. The second-order valence-corrected chi connectivity index (χ2v) is 10.0. The number of fused-ring (bicyclic) bond motifs is 1. The number of rotatable bonds is 8. The second-order valence-electron chi connectivity index (χ2n) is 8.41. The summed E-state index contributed by atoms with van der Waals surface area (Å²) >= 11 is 7.44. The summed E-state index contributed by atoms with van der Waals surface area (Å²) in [4.78, 5) is 31.8. The van der Waals surface area contributed by atoms with Crippen molar-refractivity contribution >= 4 is 51.5 Å². The first-order chi connectivity index (χ1) is 16.9. The molecule has 0 aliphatic carbocycles. The van der Waals surface area contributed by atoms with Gasteiger partial charge in [-0.2, -0.15) is 10.2 Å². The standard InChI is InChI=1S/C23H24ClN7O3S/c1-30-12-15(10-26-30)28-22(32)18(8-16-3-2-6-34-16)29-23(33)21-5-4-17(35-21)13-31-20-7-14(24)9-25-19(20)11-27-31/h4-5,7,9-12,16,18H,2-3,6,8,13H2,1H3,(H,28,32)(H,29,33)/t16?,18-/m0/s1. The van der Waals surface area contributed by atoms with Gasteiger partial charge in [0.2, 0.25) is 5.91 Å². The highest BCUT2D eigenvalue weighted by atomic mass is 35.5. The van der Waals surface area contributed by atoms with Crippen molar-refractivity contribution in [1.29, 1.82) is 0 Å². The molecule has 5 heterocycles. The predicted octanol–water partition coefficient (Wildman–Crippen LogP) is 3.23. The highest BCUT2D eigenvalue weighted by Gasteiger charge is 2.28. The van der Waals surface area contributed by atoms with E-state index >= 15 is 0 Å². The van der Waals surface area contributed by atoms with Crippen LogP contribution >= 0.6 is 22.9 Å². The first kappa shape index (κ1) is 23.5. The summed E-state index contributed by atoms with van der Waals surface area (Å²) in [5.74, 6) is -0.605. The summed E-state index contributed by atoms with van der Waals surface area (Å²) < 4.78 is 9.11. The topological polar surface area (TPSA) is 116 Å². The maximum atomic E-state index is 13.1. The van der Waals surface area contributed by atoms with Gasteiger partial charge in [0.05, 0.1) is 46.1 Å².